The maximum Gasteiger partial charge on any atom is 0.0213 e. The fraction of sp³-hybridized carbons (Fsp3) is 0.571. The zero-order valence-corrected chi connectivity index (χ0v) is 11.8. The summed E-state index contributed by atoms with van der Waals surface area (Å²) in [5, 5.41) is 0. The average molecular weight is 282 g/mol. The van der Waals surface area contributed by atoms with Crippen molar-refractivity contribution in [3.63, 3.8) is 0 Å². The Morgan fingerprint density at radius 2 is 1.81 bits per heavy atom. The van der Waals surface area contributed by atoms with Crippen LogP contribution in [0.15, 0.2) is 28.7 Å². The zero-order chi connectivity index (χ0) is 11.6. The molecule has 0 atom stereocenters. The Kier molecular flexibility index (Phi) is 3.70. The van der Waals surface area contributed by atoms with Crippen molar-refractivity contribution in [2.45, 2.75) is 32.1 Å². The van der Waals surface area contributed by atoms with E-state index >= 15 is 0 Å². The SMILES string of the molecule is CCN(CC)CC1(c2ccccc2Br)CC1. The molecule has 0 spiro atoms. The van der Waals surface area contributed by atoms with Crippen LogP contribution in [-0.2, 0) is 5.41 Å². The number of hydrogen-bond donors (Lipinski definition) is 0. The van der Waals surface area contributed by atoms with E-state index in [0.29, 0.717) is 5.41 Å². The van der Waals surface area contributed by atoms with Gasteiger partial charge in [0.2, 0.25) is 0 Å². The third-order valence-electron chi connectivity index (χ3n) is 3.72. The Bertz CT molecular complexity index is 354. The first-order valence-corrected chi connectivity index (χ1v) is 6.98. The molecule has 88 valence electrons. The van der Waals surface area contributed by atoms with Crippen LogP contribution in [0.3, 0.4) is 0 Å². The molecular formula is C14H20BrN. The van der Waals surface area contributed by atoms with E-state index < -0.39 is 0 Å². The molecule has 0 amide bonds. The summed E-state index contributed by atoms with van der Waals surface area (Å²) < 4.78 is 1.28. The Hall–Kier alpha value is -0.340. The molecule has 0 heterocycles. The van der Waals surface area contributed by atoms with Crippen molar-refractivity contribution in [3.8, 4) is 0 Å². The molecule has 0 aromatic heterocycles. The van der Waals surface area contributed by atoms with Crippen LogP contribution < -0.4 is 0 Å². The van der Waals surface area contributed by atoms with E-state index in [1.165, 1.54) is 29.4 Å². The van der Waals surface area contributed by atoms with Crippen molar-refractivity contribution in [2.75, 3.05) is 19.6 Å². The fourth-order valence-electron chi connectivity index (χ4n) is 2.43. The van der Waals surface area contributed by atoms with Crippen molar-refractivity contribution in [1.29, 1.82) is 0 Å². The molecule has 0 N–H and O–H groups in total. The lowest BCUT2D eigenvalue weighted by Gasteiger charge is -2.26. The highest BCUT2D eigenvalue weighted by Gasteiger charge is 2.45. The second-order valence-corrected chi connectivity index (χ2v) is 5.58. The van der Waals surface area contributed by atoms with Crippen LogP contribution in [0.25, 0.3) is 0 Å². The van der Waals surface area contributed by atoms with E-state index in [4.69, 9.17) is 0 Å². The average Bonchev–Trinajstić information content (AvgIpc) is 3.07. The smallest absolute Gasteiger partial charge is 0.0213 e. The third kappa shape index (κ3) is 2.33. The Morgan fingerprint density at radius 1 is 1.19 bits per heavy atom. The molecule has 1 aromatic carbocycles. The summed E-state index contributed by atoms with van der Waals surface area (Å²) in [6.45, 7) is 8.02. The molecule has 1 fully saturated rings. The van der Waals surface area contributed by atoms with Crippen molar-refractivity contribution in [2.24, 2.45) is 0 Å². The molecule has 1 aliphatic rings. The van der Waals surface area contributed by atoms with Crippen molar-refractivity contribution < 1.29 is 0 Å². The second kappa shape index (κ2) is 4.89. The normalized spacial score (nSPS) is 17.8. The van der Waals surface area contributed by atoms with Gasteiger partial charge in [-0.1, -0.05) is 48.0 Å². The molecule has 2 heteroatoms. The molecule has 1 aliphatic carbocycles. The van der Waals surface area contributed by atoms with Gasteiger partial charge < -0.3 is 4.90 Å². The van der Waals surface area contributed by atoms with Crippen molar-refractivity contribution >= 4 is 15.9 Å². The number of likely N-dealkylation sites (N-methyl/N-ethyl adjacent to an activating group) is 1. The summed E-state index contributed by atoms with van der Waals surface area (Å²) >= 11 is 3.69. The lowest BCUT2D eigenvalue weighted by molar-refractivity contribution is 0.274. The van der Waals surface area contributed by atoms with Crippen molar-refractivity contribution in [3.05, 3.63) is 34.3 Å². The molecular weight excluding hydrogens is 262 g/mol. The number of nitrogens with zero attached hydrogens (tertiary/aromatic N) is 1. The molecule has 2 rings (SSSR count). The van der Waals surface area contributed by atoms with Gasteiger partial charge >= 0.3 is 0 Å². The molecule has 1 aromatic rings. The predicted molar refractivity (Wildman–Crippen MR) is 72.8 cm³/mol. The predicted octanol–water partition coefficient (Wildman–Crippen LogP) is 3.82. The van der Waals surface area contributed by atoms with Crippen LogP contribution in [0.4, 0.5) is 0 Å². The van der Waals surface area contributed by atoms with E-state index in [1.54, 1.807) is 0 Å². The van der Waals surface area contributed by atoms with Gasteiger partial charge in [-0.05, 0) is 37.6 Å². The van der Waals surface area contributed by atoms with Crippen molar-refractivity contribution in [1.82, 2.24) is 4.90 Å². The monoisotopic (exact) mass is 281 g/mol. The molecule has 1 saturated carbocycles. The zero-order valence-electron chi connectivity index (χ0n) is 10.2. The summed E-state index contributed by atoms with van der Waals surface area (Å²) in [7, 11) is 0. The first kappa shape index (κ1) is 12.1. The first-order chi connectivity index (χ1) is 7.72. The van der Waals surface area contributed by atoms with Crippen LogP contribution >= 0.6 is 15.9 Å². The van der Waals surface area contributed by atoms with E-state index in [1.807, 2.05) is 0 Å². The molecule has 0 bridgehead atoms. The third-order valence-corrected chi connectivity index (χ3v) is 4.41. The molecule has 1 nitrogen and oxygen atoms in total. The quantitative estimate of drug-likeness (QED) is 0.793. The van der Waals surface area contributed by atoms with Crippen LogP contribution in [0.1, 0.15) is 32.3 Å². The number of rotatable bonds is 5. The minimum atomic E-state index is 0.437. The largest absolute Gasteiger partial charge is 0.303 e. The van der Waals surface area contributed by atoms with Gasteiger partial charge in [-0.2, -0.15) is 0 Å². The molecule has 0 aliphatic heterocycles. The summed E-state index contributed by atoms with van der Waals surface area (Å²) in [4.78, 5) is 2.53. The lowest BCUT2D eigenvalue weighted by atomic mass is 9.95. The first-order valence-electron chi connectivity index (χ1n) is 6.19. The highest BCUT2D eigenvalue weighted by Crippen LogP contribution is 2.50. The Labute approximate surface area is 107 Å². The number of hydrogen-bond acceptors (Lipinski definition) is 1. The van der Waals surface area contributed by atoms with E-state index in [9.17, 15) is 0 Å². The summed E-state index contributed by atoms with van der Waals surface area (Å²) in [6, 6.07) is 8.70. The number of halogens is 1. The van der Waals surface area contributed by atoms with E-state index in [-0.39, 0.29) is 0 Å². The van der Waals surface area contributed by atoms with Crippen LogP contribution in [0.5, 0.6) is 0 Å². The highest BCUT2D eigenvalue weighted by molar-refractivity contribution is 9.10. The Balaban J connectivity index is 2.17. The van der Waals surface area contributed by atoms with Crippen LogP contribution in [0.2, 0.25) is 0 Å². The van der Waals surface area contributed by atoms with Gasteiger partial charge in [0.05, 0.1) is 0 Å². The highest BCUT2D eigenvalue weighted by atomic mass is 79.9. The van der Waals surface area contributed by atoms with Gasteiger partial charge in [-0.15, -0.1) is 0 Å². The topological polar surface area (TPSA) is 3.24 Å². The lowest BCUT2D eigenvalue weighted by Crippen LogP contribution is -2.32. The summed E-state index contributed by atoms with van der Waals surface area (Å²) in [6.07, 6.45) is 2.68. The van der Waals surface area contributed by atoms with E-state index in [0.717, 1.165) is 13.1 Å². The van der Waals surface area contributed by atoms with Gasteiger partial charge in [0, 0.05) is 16.4 Å². The second-order valence-electron chi connectivity index (χ2n) is 4.72. The maximum absolute atomic E-state index is 3.69. The number of benzene rings is 1. The molecule has 16 heavy (non-hydrogen) atoms. The van der Waals surface area contributed by atoms with Gasteiger partial charge in [-0.3, -0.25) is 0 Å². The van der Waals surface area contributed by atoms with Crippen LogP contribution in [0, 0.1) is 0 Å². The fourth-order valence-corrected chi connectivity index (χ4v) is 3.14. The summed E-state index contributed by atoms with van der Waals surface area (Å²) in [5.41, 5.74) is 1.94. The summed E-state index contributed by atoms with van der Waals surface area (Å²) in [5.74, 6) is 0. The minimum absolute atomic E-state index is 0.437. The standard InChI is InChI=1S/C14H20BrN/c1-3-16(4-2)11-14(9-10-14)12-7-5-6-8-13(12)15/h5-8H,3-4,9-11H2,1-2H3. The molecule has 0 saturated heterocycles. The van der Waals surface area contributed by atoms with Gasteiger partial charge in [0.25, 0.3) is 0 Å². The van der Waals surface area contributed by atoms with Crippen LogP contribution in [-0.4, -0.2) is 24.5 Å². The van der Waals surface area contributed by atoms with Gasteiger partial charge in [-0.25, -0.2) is 0 Å². The van der Waals surface area contributed by atoms with Gasteiger partial charge in [0.15, 0.2) is 0 Å². The maximum atomic E-state index is 3.69. The Morgan fingerprint density at radius 3 is 2.31 bits per heavy atom. The molecule has 0 radical (unpaired) electrons. The van der Waals surface area contributed by atoms with Gasteiger partial charge in [0.1, 0.15) is 0 Å². The minimum Gasteiger partial charge on any atom is -0.303 e. The van der Waals surface area contributed by atoms with E-state index in [2.05, 4.69) is 58.9 Å². The molecule has 0 unspecified atom stereocenters.